The lowest BCUT2D eigenvalue weighted by atomic mass is 10.0. The first kappa shape index (κ1) is 16.6. The van der Waals surface area contributed by atoms with E-state index in [9.17, 15) is 14.3 Å². The lowest BCUT2D eigenvalue weighted by molar-refractivity contribution is -0.0332. The highest BCUT2D eigenvalue weighted by Crippen LogP contribution is 2.27. The first-order valence-electron chi connectivity index (χ1n) is 7.89. The molecule has 0 saturated carbocycles. The second-order valence-corrected chi connectivity index (χ2v) is 5.80. The van der Waals surface area contributed by atoms with Crippen molar-refractivity contribution >= 4 is 5.97 Å². The third kappa shape index (κ3) is 3.80. The molecule has 0 amide bonds. The summed E-state index contributed by atoms with van der Waals surface area (Å²) >= 11 is 0. The average molecular weight is 330 g/mol. The molecule has 3 rings (SSSR count). The molecule has 1 unspecified atom stereocenters. The van der Waals surface area contributed by atoms with Crippen LogP contribution >= 0.6 is 0 Å². The van der Waals surface area contributed by atoms with Gasteiger partial charge in [-0.05, 0) is 17.7 Å². The summed E-state index contributed by atoms with van der Waals surface area (Å²) in [6.45, 7) is -0.180. The van der Waals surface area contributed by atoms with Crippen LogP contribution in [0, 0.1) is 0 Å². The fourth-order valence-electron chi connectivity index (χ4n) is 2.77. The van der Waals surface area contributed by atoms with Crippen LogP contribution in [0.5, 0.6) is 0 Å². The second kappa shape index (κ2) is 7.55. The van der Waals surface area contributed by atoms with Gasteiger partial charge in [-0.2, -0.15) is 0 Å². The number of carbonyl (C=O) groups is 1. The van der Waals surface area contributed by atoms with Crippen molar-refractivity contribution in [3.8, 4) is 0 Å². The topological polar surface area (TPSA) is 55.8 Å². The Kier molecular flexibility index (Phi) is 5.23. The lowest BCUT2D eigenvalue weighted by Gasteiger charge is -2.14. The molecule has 0 radical (unpaired) electrons. The highest BCUT2D eigenvalue weighted by molar-refractivity contribution is 5.89. The fraction of sp³-hybridized carbons (Fsp3) is 0.316. The smallest absolute Gasteiger partial charge is 0.338 e. The number of hydrogen-bond acceptors (Lipinski definition) is 4. The standard InChI is InChI=1S/C19H19FO4/c20-17-15(11-13-7-3-1-4-8-13)24-16(18(17)21)12-23-19(22)14-9-5-2-6-10-14/h1-10,15-18,21H,11-12H2/t15-,16+,17+,18?/m0/s1. The van der Waals surface area contributed by atoms with Crippen molar-refractivity contribution in [1.29, 1.82) is 0 Å². The number of aliphatic hydroxyl groups excluding tert-OH is 1. The summed E-state index contributed by atoms with van der Waals surface area (Å²) in [5.41, 5.74) is 1.34. The molecule has 1 heterocycles. The van der Waals surface area contributed by atoms with Gasteiger partial charge >= 0.3 is 5.97 Å². The summed E-state index contributed by atoms with van der Waals surface area (Å²) in [6.07, 6.45) is -4.06. The van der Waals surface area contributed by atoms with Gasteiger partial charge in [0.2, 0.25) is 0 Å². The van der Waals surface area contributed by atoms with E-state index in [-0.39, 0.29) is 6.61 Å². The molecular formula is C19H19FO4. The average Bonchev–Trinajstić information content (AvgIpc) is 2.89. The van der Waals surface area contributed by atoms with E-state index in [4.69, 9.17) is 9.47 Å². The molecule has 0 bridgehead atoms. The predicted octanol–water partition coefficient (Wildman–Crippen LogP) is 2.55. The van der Waals surface area contributed by atoms with Crippen LogP contribution in [0.15, 0.2) is 60.7 Å². The molecule has 24 heavy (non-hydrogen) atoms. The van der Waals surface area contributed by atoms with E-state index in [1.54, 1.807) is 30.3 Å². The third-order valence-corrected chi connectivity index (χ3v) is 4.08. The van der Waals surface area contributed by atoms with Crippen molar-refractivity contribution in [3.05, 3.63) is 71.8 Å². The Morgan fingerprint density at radius 2 is 1.67 bits per heavy atom. The Balaban J connectivity index is 1.56. The van der Waals surface area contributed by atoms with Crippen molar-refractivity contribution in [2.75, 3.05) is 6.61 Å². The first-order valence-corrected chi connectivity index (χ1v) is 7.89. The Morgan fingerprint density at radius 3 is 2.33 bits per heavy atom. The van der Waals surface area contributed by atoms with Gasteiger partial charge in [0, 0.05) is 6.42 Å². The molecule has 2 aromatic carbocycles. The SMILES string of the molecule is O=C(OC[C@H]1O[C@@H](Cc2ccccc2)[C@@H](F)C1O)c1ccccc1. The number of ether oxygens (including phenoxy) is 2. The molecule has 126 valence electrons. The highest BCUT2D eigenvalue weighted by Gasteiger charge is 2.44. The summed E-state index contributed by atoms with van der Waals surface area (Å²) in [7, 11) is 0. The molecular weight excluding hydrogens is 311 g/mol. The molecule has 4 atom stereocenters. The number of benzene rings is 2. The minimum atomic E-state index is -1.51. The molecule has 1 aliphatic rings. The van der Waals surface area contributed by atoms with Gasteiger partial charge in [0.25, 0.3) is 0 Å². The van der Waals surface area contributed by atoms with Crippen molar-refractivity contribution in [3.63, 3.8) is 0 Å². The van der Waals surface area contributed by atoms with Gasteiger partial charge < -0.3 is 14.6 Å². The molecule has 4 nitrogen and oxygen atoms in total. The van der Waals surface area contributed by atoms with Gasteiger partial charge in [0.1, 0.15) is 18.8 Å². The summed E-state index contributed by atoms with van der Waals surface area (Å²) in [4.78, 5) is 11.9. The Labute approximate surface area is 139 Å². The van der Waals surface area contributed by atoms with Crippen LogP contribution in [0.2, 0.25) is 0 Å². The predicted molar refractivity (Wildman–Crippen MR) is 86.4 cm³/mol. The van der Waals surface area contributed by atoms with Crippen molar-refractivity contribution in [1.82, 2.24) is 0 Å². The van der Waals surface area contributed by atoms with Crippen molar-refractivity contribution in [2.24, 2.45) is 0 Å². The van der Waals surface area contributed by atoms with Gasteiger partial charge in [-0.25, -0.2) is 9.18 Å². The Morgan fingerprint density at radius 1 is 1.04 bits per heavy atom. The quantitative estimate of drug-likeness (QED) is 0.856. The van der Waals surface area contributed by atoms with Gasteiger partial charge in [0.15, 0.2) is 6.17 Å². The fourth-order valence-corrected chi connectivity index (χ4v) is 2.77. The van der Waals surface area contributed by atoms with Crippen LogP contribution in [0.3, 0.4) is 0 Å². The van der Waals surface area contributed by atoms with Crippen LogP contribution in [-0.4, -0.2) is 42.2 Å². The third-order valence-electron chi connectivity index (χ3n) is 4.08. The maximum absolute atomic E-state index is 14.2. The monoisotopic (exact) mass is 330 g/mol. The van der Waals surface area contributed by atoms with Crippen molar-refractivity contribution < 1.29 is 23.8 Å². The highest BCUT2D eigenvalue weighted by atomic mass is 19.1. The van der Waals surface area contributed by atoms with Crippen LogP contribution in [0.4, 0.5) is 4.39 Å². The number of esters is 1. The van der Waals surface area contributed by atoms with Gasteiger partial charge in [-0.15, -0.1) is 0 Å². The van der Waals surface area contributed by atoms with Gasteiger partial charge in [-0.3, -0.25) is 0 Å². The normalized spacial score (nSPS) is 26.2. The lowest BCUT2D eigenvalue weighted by Crippen LogP contribution is -2.32. The summed E-state index contributed by atoms with van der Waals surface area (Å²) < 4.78 is 25.0. The number of rotatable bonds is 5. The van der Waals surface area contributed by atoms with E-state index in [0.29, 0.717) is 12.0 Å². The number of aliphatic hydroxyl groups is 1. The maximum atomic E-state index is 14.2. The zero-order chi connectivity index (χ0) is 16.9. The Hall–Kier alpha value is -2.24. The van der Waals surface area contributed by atoms with Crippen LogP contribution < -0.4 is 0 Å². The summed E-state index contributed by atoms with van der Waals surface area (Å²) in [5.74, 6) is -0.520. The van der Waals surface area contributed by atoms with E-state index < -0.39 is 30.5 Å². The van der Waals surface area contributed by atoms with Crippen LogP contribution in [0.25, 0.3) is 0 Å². The van der Waals surface area contributed by atoms with Crippen LogP contribution in [0.1, 0.15) is 15.9 Å². The molecule has 1 N–H and O–H groups in total. The largest absolute Gasteiger partial charge is 0.459 e. The molecule has 0 aromatic heterocycles. The number of hydrogen-bond donors (Lipinski definition) is 1. The van der Waals surface area contributed by atoms with E-state index in [1.807, 2.05) is 30.3 Å². The van der Waals surface area contributed by atoms with E-state index in [2.05, 4.69) is 0 Å². The molecule has 0 spiro atoms. The maximum Gasteiger partial charge on any atom is 0.338 e. The van der Waals surface area contributed by atoms with Gasteiger partial charge in [0.05, 0.1) is 11.7 Å². The molecule has 1 fully saturated rings. The van der Waals surface area contributed by atoms with Gasteiger partial charge in [-0.1, -0.05) is 48.5 Å². The summed E-state index contributed by atoms with van der Waals surface area (Å²) in [5, 5.41) is 10.00. The Bertz CT molecular complexity index is 662. The van der Waals surface area contributed by atoms with Crippen molar-refractivity contribution in [2.45, 2.75) is 30.9 Å². The molecule has 0 aliphatic carbocycles. The first-order chi connectivity index (χ1) is 11.6. The molecule has 1 aliphatic heterocycles. The minimum absolute atomic E-state index is 0.180. The number of halogens is 1. The van der Waals surface area contributed by atoms with E-state index >= 15 is 0 Å². The molecule has 1 saturated heterocycles. The number of alkyl halides is 1. The zero-order valence-corrected chi connectivity index (χ0v) is 13.0. The summed E-state index contributed by atoms with van der Waals surface area (Å²) in [6, 6.07) is 17.9. The number of carbonyl (C=O) groups excluding carboxylic acids is 1. The molecule has 5 heteroatoms. The van der Waals surface area contributed by atoms with Crippen LogP contribution in [-0.2, 0) is 15.9 Å². The van der Waals surface area contributed by atoms with E-state index in [1.165, 1.54) is 0 Å². The molecule has 2 aromatic rings. The van der Waals surface area contributed by atoms with E-state index in [0.717, 1.165) is 5.56 Å². The zero-order valence-electron chi connectivity index (χ0n) is 13.0. The minimum Gasteiger partial charge on any atom is -0.459 e. The second-order valence-electron chi connectivity index (χ2n) is 5.80.